The van der Waals surface area contributed by atoms with Gasteiger partial charge >= 0.3 is 0 Å². The highest BCUT2D eigenvalue weighted by molar-refractivity contribution is 7.87. The number of aryl methyl sites for hydroxylation is 1. The van der Waals surface area contributed by atoms with Gasteiger partial charge in [-0.1, -0.05) is 0 Å². The van der Waals surface area contributed by atoms with Crippen molar-refractivity contribution in [2.24, 2.45) is 11.8 Å². The molecule has 2 aromatic heterocycles. The SMILES string of the molecule is Cc1nc2ccnn2c(N2C[C@H]3CC[C@@H](C2)C3NS(=O)(=O)N2CCOCC2)c1C. The lowest BCUT2D eigenvalue weighted by atomic mass is 9.93. The number of anilines is 1. The smallest absolute Gasteiger partial charge is 0.279 e. The second-order valence-electron chi connectivity index (χ2n) is 8.41. The van der Waals surface area contributed by atoms with Crippen LogP contribution in [0, 0.1) is 25.7 Å². The molecule has 9 nitrogen and oxygen atoms in total. The predicted octanol–water partition coefficient (Wildman–Crippen LogP) is 0.728. The van der Waals surface area contributed by atoms with E-state index >= 15 is 0 Å². The van der Waals surface area contributed by atoms with E-state index in [1.807, 2.05) is 17.5 Å². The third-order valence-corrected chi connectivity index (χ3v) is 8.33. The van der Waals surface area contributed by atoms with Crippen LogP contribution in [0.2, 0.25) is 0 Å². The summed E-state index contributed by atoms with van der Waals surface area (Å²) in [5, 5.41) is 4.49. The van der Waals surface area contributed by atoms with Gasteiger partial charge in [-0.25, -0.2) is 4.98 Å². The Morgan fingerprint density at radius 3 is 2.52 bits per heavy atom. The molecule has 2 aromatic rings. The zero-order chi connectivity index (χ0) is 20.2. The fourth-order valence-corrected chi connectivity index (χ4v) is 6.62. The van der Waals surface area contributed by atoms with Crippen LogP contribution in [0.15, 0.2) is 12.3 Å². The highest BCUT2D eigenvalue weighted by Gasteiger charge is 2.45. The summed E-state index contributed by atoms with van der Waals surface area (Å²) in [5.41, 5.74) is 2.99. The molecule has 2 aliphatic heterocycles. The second-order valence-corrected chi connectivity index (χ2v) is 10.1. The van der Waals surface area contributed by atoms with E-state index in [4.69, 9.17) is 4.74 Å². The molecule has 0 radical (unpaired) electrons. The Balaban J connectivity index is 1.38. The zero-order valence-electron chi connectivity index (χ0n) is 16.9. The minimum Gasteiger partial charge on any atom is -0.379 e. The molecule has 0 amide bonds. The van der Waals surface area contributed by atoms with Crippen LogP contribution >= 0.6 is 0 Å². The summed E-state index contributed by atoms with van der Waals surface area (Å²) in [7, 11) is -3.47. The largest absolute Gasteiger partial charge is 0.379 e. The van der Waals surface area contributed by atoms with E-state index < -0.39 is 10.2 Å². The van der Waals surface area contributed by atoms with Crippen molar-refractivity contribution in [3.8, 4) is 0 Å². The average Bonchev–Trinajstić information content (AvgIpc) is 3.23. The first-order valence-corrected chi connectivity index (χ1v) is 11.8. The first-order chi connectivity index (χ1) is 13.9. The molecule has 3 fully saturated rings. The van der Waals surface area contributed by atoms with Crippen LogP contribution in [0.5, 0.6) is 0 Å². The molecule has 3 aliphatic rings. The molecular formula is C19H28N6O3S. The molecule has 10 heteroatoms. The van der Waals surface area contributed by atoms with Gasteiger partial charge in [-0.3, -0.25) is 0 Å². The molecular weight excluding hydrogens is 392 g/mol. The van der Waals surface area contributed by atoms with Gasteiger partial charge in [-0.15, -0.1) is 0 Å². The van der Waals surface area contributed by atoms with Gasteiger partial charge in [0.15, 0.2) is 5.65 Å². The highest BCUT2D eigenvalue weighted by atomic mass is 32.2. The molecule has 3 atom stereocenters. The van der Waals surface area contributed by atoms with Gasteiger partial charge in [0.05, 0.1) is 19.4 Å². The Morgan fingerprint density at radius 1 is 1.14 bits per heavy atom. The first kappa shape index (κ1) is 19.2. The summed E-state index contributed by atoms with van der Waals surface area (Å²) in [5.74, 6) is 1.68. The van der Waals surface area contributed by atoms with E-state index in [0.717, 1.165) is 48.7 Å². The van der Waals surface area contributed by atoms with Gasteiger partial charge in [0.1, 0.15) is 5.82 Å². The summed E-state index contributed by atoms with van der Waals surface area (Å²) < 4.78 is 37.5. The van der Waals surface area contributed by atoms with Crippen LogP contribution in [-0.4, -0.2) is 72.8 Å². The number of nitrogens with one attached hydrogen (secondary N) is 1. The third kappa shape index (κ3) is 3.31. The standard InChI is InChI=1S/C19H28N6O3S/c1-13-14(2)21-17-5-6-20-25(17)19(13)23-11-15-3-4-16(12-23)18(15)22-29(26,27)24-7-9-28-10-8-24/h5-6,15-16,18,22H,3-4,7-12H2,1-2H3/t15-,16+,18?. The molecule has 1 N–H and O–H groups in total. The summed E-state index contributed by atoms with van der Waals surface area (Å²) in [6, 6.07) is 1.92. The molecule has 1 aliphatic carbocycles. The number of fused-ring (bicyclic) bond motifs is 3. The molecule has 2 bridgehead atoms. The van der Waals surface area contributed by atoms with Gasteiger partial charge < -0.3 is 9.64 Å². The molecule has 0 spiro atoms. The number of morpholine rings is 1. The lowest BCUT2D eigenvalue weighted by Gasteiger charge is -2.40. The number of nitrogens with zero attached hydrogens (tertiary/aromatic N) is 5. The fourth-order valence-electron chi connectivity index (χ4n) is 5.11. The van der Waals surface area contributed by atoms with E-state index in [1.54, 1.807) is 6.20 Å². The summed E-state index contributed by atoms with van der Waals surface area (Å²) >= 11 is 0. The van der Waals surface area contributed by atoms with Crippen LogP contribution in [0.25, 0.3) is 5.65 Å². The summed E-state index contributed by atoms with van der Waals surface area (Å²) in [4.78, 5) is 7.01. The Bertz CT molecular complexity index is 1000. The van der Waals surface area contributed by atoms with Gasteiger partial charge in [0.25, 0.3) is 10.2 Å². The lowest BCUT2D eigenvalue weighted by Crippen LogP contribution is -2.57. The van der Waals surface area contributed by atoms with Crippen LogP contribution < -0.4 is 9.62 Å². The van der Waals surface area contributed by atoms with Crippen molar-refractivity contribution >= 4 is 21.7 Å². The van der Waals surface area contributed by atoms with Gasteiger partial charge in [0.2, 0.25) is 0 Å². The van der Waals surface area contributed by atoms with Gasteiger partial charge in [-0.2, -0.15) is 27.1 Å². The van der Waals surface area contributed by atoms with E-state index in [1.165, 1.54) is 4.31 Å². The Hall–Kier alpha value is -1.75. The average molecular weight is 421 g/mol. The zero-order valence-corrected chi connectivity index (χ0v) is 17.7. The van der Waals surface area contributed by atoms with Crippen LogP contribution in [-0.2, 0) is 14.9 Å². The normalized spacial score (nSPS) is 28.3. The van der Waals surface area contributed by atoms with Crippen LogP contribution in [0.4, 0.5) is 5.82 Å². The van der Waals surface area contributed by atoms with Crippen molar-refractivity contribution in [3.05, 3.63) is 23.5 Å². The quantitative estimate of drug-likeness (QED) is 0.784. The van der Waals surface area contributed by atoms with Crippen LogP contribution in [0.1, 0.15) is 24.1 Å². The first-order valence-electron chi connectivity index (χ1n) is 10.3. The van der Waals surface area contributed by atoms with E-state index in [2.05, 4.69) is 26.6 Å². The topological polar surface area (TPSA) is 92.1 Å². The minimum atomic E-state index is -3.47. The molecule has 1 saturated carbocycles. The molecule has 1 unspecified atom stereocenters. The number of rotatable bonds is 4. The third-order valence-electron chi connectivity index (χ3n) is 6.71. The van der Waals surface area contributed by atoms with Crippen molar-refractivity contribution in [3.63, 3.8) is 0 Å². The second kappa shape index (κ2) is 7.19. The maximum Gasteiger partial charge on any atom is 0.279 e. The van der Waals surface area contributed by atoms with Crippen molar-refractivity contribution in [1.82, 2.24) is 23.6 Å². The number of piperidine rings is 1. The fraction of sp³-hybridized carbons (Fsp3) is 0.684. The summed E-state index contributed by atoms with van der Waals surface area (Å²) in [6.07, 6.45) is 3.87. The van der Waals surface area contributed by atoms with Crippen molar-refractivity contribution in [2.75, 3.05) is 44.3 Å². The van der Waals surface area contributed by atoms with Crippen molar-refractivity contribution in [2.45, 2.75) is 32.7 Å². The number of ether oxygens (including phenoxy) is 1. The molecule has 5 rings (SSSR count). The highest BCUT2D eigenvalue weighted by Crippen LogP contribution is 2.40. The molecule has 0 aromatic carbocycles. The van der Waals surface area contributed by atoms with Crippen molar-refractivity contribution < 1.29 is 13.2 Å². The lowest BCUT2D eigenvalue weighted by molar-refractivity contribution is 0.0720. The van der Waals surface area contributed by atoms with E-state index in [0.29, 0.717) is 38.1 Å². The minimum absolute atomic E-state index is 0.00422. The Morgan fingerprint density at radius 2 is 1.83 bits per heavy atom. The molecule has 4 heterocycles. The van der Waals surface area contributed by atoms with Crippen LogP contribution in [0.3, 0.4) is 0 Å². The van der Waals surface area contributed by atoms with Gasteiger partial charge in [0, 0.05) is 49.5 Å². The number of hydrogen-bond donors (Lipinski definition) is 1. The molecule has 29 heavy (non-hydrogen) atoms. The maximum atomic E-state index is 12.9. The Labute approximate surface area is 171 Å². The monoisotopic (exact) mass is 420 g/mol. The van der Waals surface area contributed by atoms with Gasteiger partial charge in [-0.05, 0) is 38.5 Å². The molecule has 2 saturated heterocycles. The summed E-state index contributed by atoms with van der Waals surface area (Å²) in [6.45, 7) is 7.56. The number of aromatic nitrogens is 3. The van der Waals surface area contributed by atoms with Crippen molar-refractivity contribution in [1.29, 1.82) is 0 Å². The maximum absolute atomic E-state index is 12.9. The van der Waals surface area contributed by atoms with E-state index in [-0.39, 0.29) is 6.04 Å². The Kier molecular flexibility index (Phi) is 4.77. The predicted molar refractivity (Wildman–Crippen MR) is 109 cm³/mol. The number of hydrogen-bond acceptors (Lipinski definition) is 6. The molecule has 158 valence electrons. The van der Waals surface area contributed by atoms with E-state index in [9.17, 15) is 8.42 Å².